The molecule has 0 amide bonds. The molecular formula is C19H19NO. The van der Waals surface area contributed by atoms with Crippen molar-refractivity contribution in [2.45, 2.75) is 18.9 Å². The molecule has 21 heavy (non-hydrogen) atoms. The number of hydrogen-bond acceptors (Lipinski definition) is 2. The fraction of sp³-hybridized carbons (Fsp3) is 0.158. The molecule has 2 N–H and O–H groups in total. The highest BCUT2D eigenvalue weighted by atomic mass is 16.3. The third-order valence-electron chi connectivity index (χ3n) is 3.73. The van der Waals surface area contributed by atoms with Gasteiger partial charge in [0, 0.05) is 12.5 Å². The van der Waals surface area contributed by atoms with Crippen molar-refractivity contribution >= 4 is 0 Å². The lowest BCUT2D eigenvalue weighted by Gasteiger charge is -2.12. The Morgan fingerprint density at radius 2 is 1.52 bits per heavy atom. The van der Waals surface area contributed by atoms with Gasteiger partial charge in [-0.05, 0) is 35.2 Å². The molecule has 1 unspecified atom stereocenters. The first kappa shape index (κ1) is 13.7. The van der Waals surface area contributed by atoms with Crippen LogP contribution in [0.3, 0.4) is 0 Å². The summed E-state index contributed by atoms with van der Waals surface area (Å²) < 4.78 is 5.34. The van der Waals surface area contributed by atoms with Gasteiger partial charge in [0.25, 0.3) is 0 Å². The maximum Gasteiger partial charge on any atom is 0.103 e. The molecule has 3 rings (SSSR count). The summed E-state index contributed by atoms with van der Waals surface area (Å²) in [5, 5.41) is 0. The van der Waals surface area contributed by atoms with Gasteiger partial charge in [0.1, 0.15) is 5.76 Å². The van der Waals surface area contributed by atoms with Gasteiger partial charge in [-0.15, -0.1) is 0 Å². The van der Waals surface area contributed by atoms with Gasteiger partial charge >= 0.3 is 0 Å². The first-order valence-electron chi connectivity index (χ1n) is 7.26. The third kappa shape index (κ3) is 3.41. The van der Waals surface area contributed by atoms with E-state index < -0.39 is 0 Å². The standard InChI is InChI=1S/C19H19NO/c20-19(13-12-18-7-4-14-21-18)17-10-8-16(9-11-17)15-5-2-1-3-6-15/h1-11,14,19H,12-13,20H2. The number of rotatable bonds is 5. The zero-order valence-electron chi connectivity index (χ0n) is 11.9. The predicted molar refractivity (Wildman–Crippen MR) is 85.8 cm³/mol. The molecule has 0 saturated heterocycles. The molecule has 1 atom stereocenters. The number of furan rings is 1. The zero-order valence-corrected chi connectivity index (χ0v) is 11.9. The van der Waals surface area contributed by atoms with Crippen LogP contribution in [0.2, 0.25) is 0 Å². The lowest BCUT2D eigenvalue weighted by atomic mass is 9.98. The summed E-state index contributed by atoms with van der Waals surface area (Å²) in [4.78, 5) is 0. The Labute approximate surface area is 125 Å². The van der Waals surface area contributed by atoms with Crippen molar-refractivity contribution in [2.24, 2.45) is 5.73 Å². The van der Waals surface area contributed by atoms with Crippen LogP contribution in [0.4, 0.5) is 0 Å². The van der Waals surface area contributed by atoms with E-state index >= 15 is 0 Å². The van der Waals surface area contributed by atoms with E-state index in [1.807, 2.05) is 18.2 Å². The van der Waals surface area contributed by atoms with E-state index in [1.54, 1.807) is 6.26 Å². The van der Waals surface area contributed by atoms with Gasteiger partial charge < -0.3 is 10.2 Å². The van der Waals surface area contributed by atoms with Gasteiger partial charge in [-0.2, -0.15) is 0 Å². The van der Waals surface area contributed by atoms with Gasteiger partial charge in [-0.1, -0.05) is 54.6 Å². The summed E-state index contributed by atoms with van der Waals surface area (Å²) in [5.41, 5.74) is 9.88. The van der Waals surface area contributed by atoms with Crippen LogP contribution in [-0.4, -0.2) is 0 Å². The molecule has 2 aromatic carbocycles. The van der Waals surface area contributed by atoms with Crippen LogP contribution < -0.4 is 5.73 Å². The van der Waals surface area contributed by atoms with E-state index in [1.165, 1.54) is 16.7 Å². The van der Waals surface area contributed by atoms with E-state index in [0.717, 1.165) is 18.6 Å². The molecule has 106 valence electrons. The lowest BCUT2D eigenvalue weighted by Crippen LogP contribution is -2.11. The van der Waals surface area contributed by atoms with E-state index in [-0.39, 0.29) is 6.04 Å². The van der Waals surface area contributed by atoms with Crippen LogP contribution in [0.5, 0.6) is 0 Å². The lowest BCUT2D eigenvalue weighted by molar-refractivity contribution is 0.488. The summed E-state index contributed by atoms with van der Waals surface area (Å²) in [7, 11) is 0. The number of hydrogen-bond donors (Lipinski definition) is 1. The van der Waals surface area contributed by atoms with E-state index in [2.05, 4.69) is 48.5 Å². The minimum atomic E-state index is 0.0416. The molecule has 2 heteroatoms. The highest BCUT2D eigenvalue weighted by Crippen LogP contribution is 2.23. The van der Waals surface area contributed by atoms with Crippen molar-refractivity contribution in [1.82, 2.24) is 0 Å². The smallest absolute Gasteiger partial charge is 0.103 e. The van der Waals surface area contributed by atoms with Crippen LogP contribution in [0.1, 0.15) is 23.8 Å². The second-order valence-electron chi connectivity index (χ2n) is 5.21. The summed E-state index contributed by atoms with van der Waals surface area (Å²) in [6, 6.07) is 22.8. The molecule has 2 nitrogen and oxygen atoms in total. The third-order valence-corrected chi connectivity index (χ3v) is 3.73. The summed E-state index contributed by atoms with van der Waals surface area (Å²) in [5.74, 6) is 0.992. The first-order valence-corrected chi connectivity index (χ1v) is 7.26. The fourth-order valence-corrected chi connectivity index (χ4v) is 2.47. The summed E-state index contributed by atoms with van der Waals surface area (Å²) >= 11 is 0. The van der Waals surface area contributed by atoms with Crippen LogP contribution in [0, 0.1) is 0 Å². The summed E-state index contributed by atoms with van der Waals surface area (Å²) in [6.07, 6.45) is 3.46. The van der Waals surface area contributed by atoms with Crippen molar-refractivity contribution in [3.63, 3.8) is 0 Å². The summed E-state index contributed by atoms with van der Waals surface area (Å²) in [6.45, 7) is 0. The molecule has 1 aromatic heterocycles. The van der Waals surface area contributed by atoms with E-state index in [4.69, 9.17) is 10.2 Å². The SMILES string of the molecule is NC(CCc1ccco1)c1ccc(-c2ccccc2)cc1. The van der Waals surface area contributed by atoms with Crippen molar-refractivity contribution in [3.05, 3.63) is 84.3 Å². The molecule has 0 aliphatic carbocycles. The maximum absolute atomic E-state index is 6.26. The van der Waals surface area contributed by atoms with Crippen LogP contribution in [-0.2, 0) is 6.42 Å². The zero-order chi connectivity index (χ0) is 14.5. The average Bonchev–Trinajstić information content (AvgIpc) is 3.07. The highest BCUT2D eigenvalue weighted by Gasteiger charge is 2.07. The molecule has 0 aliphatic rings. The second-order valence-corrected chi connectivity index (χ2v) is 5.21. The molecule has 1 heterocycles. The molecule has 0 fully saturated rings. The molecule has 0 spiro atoms. The molecule has 0 saturated carbocycles. The Morgan fingerprint density at radius 1 is 0.810 bits per heavy atom. The minimum absolute atomic E-state index is 0.0416. The Balaban J connectivity index is 1.66. The van der Waals surface area contributed by atoms with Crippen molar-refractivity contribution in [1.29, 1.82) is 0 Å². The topological polar surface area (TPSA) is 39.2 Å². The van der Waals surface area contributed by atoms with Gasteiger partial charge in [-0.25, -0.2) is 0 Å². The Morgan fingerprint density at radius 3 is 2.19 bits per heavy atom. The Kier molecular flexibility index (Phi) is 4.17. The maximum atomic E-state index is 6.26. The van der Waals surface area contributed by atoms with E-state index in [9.17, 15) is 0 Å². The molecule has 0 aliphatic heterocycles. The number of benzene rings is 2. The Hall–Kier alpha value is -2.32. The largest absolute Gasteiger partial charge is 0.469 e. The average molecular weight is 277 g/mol. The molecule has 0 bridgehead atoms. The van der Waals surface area contributed by atoms with Crippen molar-refractivity contribution < 1.29 is 4.42 Å². The van der Waals surface area contributed by atoms with Gasteiger partial charge in [0.2, 0.25) is 0 Å². The number of nitrogens with two attached hydrogens (primary N) is 1. The number of aryl methyl sites for hydroxylation is 1. The first-order chi connectivity index (χ1) is 10.3. The molecular weight excluding hydrogens is 258 g/mol. The second kappa shape index (κ2) is 6.42. The van der Waals surface area contributed by atoms with E-state index in [0.29, 0.717) is 0 Å². The monoisotopic (exact) mass is 277 g/mol. The molecule has 3 aromatic rings. The van der Waals surface area contributed by atoms with Crippen molar-refractivity contribution in [2.75, 3.05) is 0 Å². The molecule has 0 radical (unpaired) electrons. The van der Waals surface area contributed by atoms with Crippen LogP contribution in [0.25, 0.3) is 11.1 Å². The van der Waals surface area contributed by atoms with Crippen LogP contribution >= 0.6 is 0 Å². The van der Waals surface area contributed by atoms with Crippen LogP contribution in [0.15, 0.2) is 77.4 Å². The quantitative estimate of drug-likeness (QED) is 0.741. The fourth-order valence-electron chi connectivity index (χ4n) is 2.47. The normalized spacial score (nSPS) is 12.2. The van der Waals surface area contributed by atoms with Gasteiger partial charge in [-0.3, -0.25) is 0 Å². The van der Waals surface area contributed by atoms with Crippen molar-refractivity contribution in [3.8, 4) is 11.1 Å². The predicted octanol–water partition coefficient (Wildman–Crippen LogP) is 4.58. The highest BCUT2D eigenvalue weighted by molar-refractivity contribution is 5.63. The van der Waals surface area contributed by atoms with Gasteiger partial charge in [0.15, 0.2) is 0 Å². The van der Waals surface area contributed by atoms with Gasteiger partial charge in [0.05, 0.1) is 6.26 Å². The Bertz CT molecular complexity index is 657. The minimum Gasteiger partial charge on any atom is -0.469 e.